The summed E-state index contributed by atoms with van der Waals surface area (Å²) in [4.78, 5) is 6.44. The number of hydroxylamine groups is 2. The largest absolute Gasteiger partial charge is 0.499 e. The number of ether oxygens (including phenoxy) is 3. The van der Waals surface area contributed by atoms with Crippen molar-refractivity contribution in [3.05, 3.63) is 83.6 Å². The Hall–Kier alpha value is -2.18. The molecule has 4 rings (SSSR count). The van der Waals surface area contributed by atoms with Gasteiger partial charge in [0, 0.05) is 0 Å². The van der Waals surface area contributed by atoms with E-state index in [1.807, 2.05) is 61.4 Å². The molecule has 3 atom stereocenters. The topological polar surface area (TPSA) is 40.2 Å². The number of benzene rings is 2. The predicted molar refractivity (Wildman–Crippen MR) is 106 cm³/mol. The van der Waals surface area contributed by atoms with Crippen molar-refractivity contribution in [2.45, 2.75) is 44.4 Å². The lowest BCUT2D eigenvalue weighted by molar-refractivity contribution is -0.250. The average molecular weight is 381 g/mol. The molecule has 5 nitrogen and oxygen atoms in total. The quantitative estimate of drug-likeness (QED) is 0.775. The van der Waals surface area contributed by atoms with Gasteiger partial charge in [0.25, 0.3) is 0 Å². The Kier molecular flexibility index (Phi) is 5.51. The van der Waals surface area contributed by atoms with Gasteiger partial charge >= 0.3 is 0 Å². The summed E-state index contributed by atoms with van der Waals surface area (Å²) in [7, 11) is 1.70. The summed E-state index contributed by atoms with van der Waals surface area (Å²) in [5.74, 6) is 0.223. The van der Waals surface area contributed by atoms with Crippen LogP contribution >= 0.6 is 0 Å². The number of nitrogens with zero attached hydrogens (tertiary/aromatic N) is 1. The summed E-state index contributed by atoms with van der Waals surface area (Å²) < 4.78 is 17.8. The van der Waals surface area contributed by atoms with Crippen LogP contribution in [0, 0.1) is 0 Å². The molecule has 148 valence electrons. The molecule has 5 heteroatoms. The van der Waals surface area contributed by atoms with Gasteiger partial charge in [0.2, 0.25) is 0 Å². The van der Waals surface area contributed by atoms with Crippen molar-refractivity contribution < 1.29 is 19.0 Å². The first-order valence-electron chi connectivity index (χ1n) is 9.65. The highest BCUT2D eigenvalue weighted by molar-refractivity contribution is 5.25. The zero-order valence-corrected chi connectivity index (χ0v) is 16.6. The molecule has 1 fully saturated rings. The van der Waals surface area contributed by atoms with Crippen LogP contribution < -0.4 is 0 Å². The van der Waals surface area contributed by atoms with Gasteiger partial charge in [0.15, 0.2) is 5.79 Å². The molecule has 2 aliphatic heterocycles. The smallest absolute Gasteiger partial charge is 0.163 e. The van der Waals surface area contributed by atoms with Crippen LogP contribution in [0.4, 0.5) is 0 Å². The molecular weight excluding hydrogens is 354 g/mol. The van der Waals surface area contributed by atoms with Crippen molar-refractivity contribution in [2.24, 2.45) is 0 Å². The molecule has 0 bridgehead atoms. The van der Waals surface area contributed by atoms with Crippen LogP contribution in [0.3, 0.4) is 0 Å². The van der Waals surface area contributed by atoms with Gasteiger partial charge in [-0.15, -0.1) is 0 Å². The van der Waals surface area contributed by atoms with Gasteiger partial charge in [0.05, 0.1) is 20.3 Å². The first-order valence-corrected chi connectivity index (χ1v) is 9.65. The fourth-order valence-electron chi connectivity index (χ4n) is 3.76. The van der Waals surface area contributed by atoms with E-state index in [-0.39, 0.29) is 18.2 Å². The predicted octanol–water partition coefficient (Wildman–Crippen LogP) is 4.23. The Morgan fingerprint density at radius 3 is 2.32 bits per heavy atom. The minimum atomic E-state index is -0.613. The van der Waals surface area contributed by atoms with Crippen molar-refractivity contribution in [3.63, 3.8) is 0 Å². The molecule has 1 saturated heterocycles. The third kappa shape index (κ3) is 4.13. The van der Waals surface area contributed by atoms with Gasteiger partial charge in [-0.2, -0.15) is 5.06 Å². The standard InChI is InChI=1S/C23H27NO4/c1-23(2)26-16-21(27-23)22-20(25-3)14-19(18-12-8-5-9-13-18)28-24(22)15-17-10-6-4-7-11-17/h4-14,19,21-22H,15-16H2,1-3H3/t19-,21+,22-/m0/s1. The van der Waals surface area contributed by atoms with Crippen LogP contribution in [0.2, 0.25) is 0 Å². The van der Waals surface area contributed by atoms with Crippen LogP contribution in [0.25, 0.3) is 0 Å². The van der Waals surface area contributed by atoms with Gasteiger partial charge in [-0.25, -0.2) is 0 Å². The molecule has 2 aromatic rings. The Morgan fingerprint density at radius 2 is 1.71 bits per heavy atom. The van der Waals surface area contributed by atoms with E-state index >= 15 is 0 Å². The normalized spacial score (nSPS) is 27.4. The molecule has 0 aromatic heterocycles. The monoisotopic (exact) mass is 381 g/mol. The number of hydrogen-bond acceptors (Lipinski definition) is 5. The first kappa shape index (κ1) is 19.2. The van der Waals surface area contributed by atoms with E-state index in [4.69, 9.17) is 19.0 Å². The molecule has 0 saturated carbocycles. The lowest BCUT2D eigenvalue weighted by Gasteiger charge is -2.40. The van der Waals surface area contributed by atoms with Crippen LogP contribution in [0.1, 0.15) is 31.1 Å². The summed E-state index contributed by atoms with van der Waals surface area (Å²) in [5, 5.41) is 1.97. The molecule has 0 unspecified atom stereocenters. The first-order chi connectivity index (χ1) is 13.6. The van der Waals surface area contributed by atoms with E-state index in [2.05, 4.69) is 24.3 Å². The van der Waals surface area contributed by atoms with Crippen LogP contribution in [-0.2, 0) is 25.6 Å². The summed E-state index contributed by atoms with van der Waals surface area (Å²) in [6.45, 7) is 4.97. The van der Waals surface area contributed by atoms with Gasteiger partial charge in [0.1, 0.15) is 24.0 Å². The summed E-state index contributed by atoms with van der Waals surface area (Å²) in [5.41, 5.74) is 2.24. The van der Waals surface area contributed by atoms with E-state index < -0.39 is 5.79 Å². The molecular formula is C23H27NO4. The van der Waals surface area contributed by atoms with E-state index in [1.165, 1.54) is 0 Å². The third-order valence-electron chi connectivity index (χ3n) is 5.09. The molecule has 28 heavy (non-hydrogen) atoms. The van der Waals surface area contributed by atoms with Crippen LogP contribution in [-0.4, -0.2) is 36.7 Å². The molecule has 0 spiro atoms. The minimum absolute atomic E-state index is 0.179. The third-order valence-corrected chi connectivity index (χ3v) is 5.09. The van der Waals surface area contributed by atoms with Crippen LogP contribution in [0.15, 0.2) is 72.5 Å². The molecule has 2 heterocycles. The molecule has 0 amide bonds. The second-order valence-electron chi connectivity index (χ2n) is 7.58. The summed E-state index contributed by atoms with van der Waals surface area (Å²) in [6.07, 6.45) is 1.64. The maximum atomic E-state index is 6.44. The Balaban J connectivity index is 1.67. The van der Waals surface area contributed by atoms with E-state index in [1.54, 1.807) is 7.11 Å². The van der Waals surface area contributed by atoms with Gasteiger partial charge in [-0.05, 0) is 31.1 Å². The lowest BCUT2D eigenvalue weighted by Crippen LogP contribution is -2.49. The number of methoxy groups -OCH3 is 1. The van der Waals surface area contributed by atoms with E-state index in [0.29, 0.717) is 13.2 Å². The highest BCUT2D eigenvalue weighted by Gasteiger charge is 2.45. The highest BCUT2D eigenvalue weighted by Crippen LogP contribution is 2.37. The molecule has 0 aliphatic carbocycles. The maximum absolute atomic E-state index is 6.44. The zero-order valence-electron chi connectivity index (χ0n) is 16.6. The molecule has 2 aromatic carbocycles. The molecule has 0 radical (unpaired) electrons. The lowest BCUT2D eigenvalue weighted by atomic mass is 10.0. The highest BCUT2D eigenvalue weighted by atomic mass is 16.8. The fraction of sp³-hybridized carbons (Fsp3) is 0.391. The molecule has 2 aliphatic rings. The van der Waals surface area contributed by atoms with Gasteiger partial charge < -0.3 is 14.2 Å². The Bertz CT molecular complexity index is 806. The van der Waals surface area contributed by atoms with Crippen molar-refractivity contribution in [1.29, 1.82) is 0 Å². The van der Waals surface area contributed by atoms with E-state index in [9.17, 15) is 0 Å². The van der Waals surface area contributed by atoms with Crippen LogP contribution in [0.5, 0.6) is 0 Å². The van der Waals surface area contributed by atoms with Gasteiger partial charge in [-0.1, -0.05) is 60.7 Å². The minimum Gasteiger partial charge on any atom is -0.499 e. The van der Waals surface area contributed by atoms with E-state index in [0.717, 1.165) is 16.9 Å². The van der Waals surface area contributed by atoms with Crippen molar-refractivity contribution in [3.8, 4) is 0 Å². The SMILES string of the molecule is COC1=C[C@@H](c2ccccc2)ON(Cc2ccccc2)[C@@H]1[C@H]1COC(C)(C)O1. The Morgan fingerprint density at radius 1 is 1.04 bits per heavy atom. The maximum Gasteiger partial charge on any atom is 0.163 e. The van der Waals surface area contributed by atoms with Crippen molar-refractivity contribution in [1.82, 2.24) is 5.06 Å². The summed E-state index contributed by atoms with van der Waals surface area (Å²) in [6, 6.07) is 20.3. The second-order valence-corrected chi connectivity index (χ2v) is 7.58. The Labute approximate surface area is 166 Å². The fourth-order valence-corrected chi connectivity index (χ4v) is 3.76. The average Bonchev–Trinajstić information content (AvgIpc) is 3.08. The second kappa shape index (κ2) is 8.05. The van der Waals surface area contributed by atoms with Crippen molar-refractivity contribution in [2.75, 3.05) is 13.7 Å². The number of hydrogen-bond donors (Lipinski definition) is 0. The summed E-state index contributed by atoms with van der Waals surface area (Å²) >= 11 is 0. The molecule has 0 N–H and O–H groups in total. The zero-order chi connectivity index (χ0) is 19.6. The van der Waals surface area contributed by atoms with Crippen molar-refractivity contribution >= 4 is 0 Å². The van der Waals surface area contributed by atoms with Gasteiger partial charge in [-0.3, -0.25) is 4.84 Å². The number of rotatable bonds is 5.